The van der Waals surface area contributed by atoms with Crippen LogP contribution in [0.2, 0.25) is 0 Å². The highest BCUT2D eigenvalue weighted by Gasteiger charge is 2.22. The summed E-state index contributed by atoms with van der Waals surface area (Å²) < 4.78 is 5.70. The first-order chi connectivity index (χ1) is 11.7. The van der Waals surface area contributed by atoms with Crippen molar-refractivity contribution in [2.24, 2.45) is 11.8 Å². The zero-order valence-corrected chi connectivity index (χ0v) is 14.2. The Balaban J connectivity index is 1.42. The minimum atomic E-state index is -0.154. The van der Waals surface area contributed by atoms with E-state index in [0.29, 0.717) is 12.5 Å². The van der Waals surface area contributed by atoms with Crippen LogP contribution in [-0.2, 0) is 11.3 Å². The lowest BCUT2D eigenvalue weighted by Gasteiger charge is -2.27. The maximum Gasteiger partial charge on any atom is 0.319 e. The fourth-order valence-electron chi connectivity index (χ4n) is 3.21. The summed E-state index contributed by atoms with van der Waals surface area (Å²) in [6, 6.07) is 7.88. The maximum absolute atomic E-state index is 12.2. The van der Waals surface area contributed by atoms with E-state index in [1.165, 1.54) is 12.8 Å². The van der Waals surface area contributed by atoms with Gasteiger partial charge in [0.15, 0.2) is 0 Å². The Morgan fingerprint density at radius 3 is 2.58 bits per heavy atom. The van der Waals surface area contributed by atoms with Crippen LogP contribution in [0.15, 0.2) is 24.3 Å². The summed E-state index contributed by atoms with van der Waals surface area (Å²) in [5.41, 5.74) is 1.88. The van der Waals surface area contributed by atoms with E-state index in [1.807, 2.05) is 24.3 Å². The average molecular weight is 332 g/mol. The Bertz CT molecular complexity index is 537. The largest absolute Gasteiger partial charge is 0.396 e. The Kier molecular flexibility index (Phi) is 6.10. The second-order valence-corrected chi connectivity index (χ2v) is 7.16. The van der Waals surface area contributed by atoms with E-state index in [9.17, 15) is 4.79 Å². The number of ether oxygens (including phenoxy) is 1. The predicted octanol–water partition coefficient (Wildman–Crippen LogP) is 3.29. The molecule has 2 fully saturated rings. The van der Waals surface area contributed by atoms with Gasteiger partial charge in [-0.15, -0.1) is 0 Å². The number of carbonyl (C=O) groups excluding carboxylic acids is 1. The molecule has 132 valence electrons. The first-order valence-corrected chi connectivity index (χ1v) is 9.08. The van der Waals surface area contributed by atoms with E-state index in [2.05, 4.69) is 10.6 Å². The molecule has 1 aromatic rings. The van der Waals surface area contributed by atoms with Gasteiger partial charge in [0.25, 0.3) is 0 Å². The fourth-order valence-corrected chi connectivity index (χ4v) is 3.21. The lowest BCUT2D eigenvalue weighted by Crippen LogP contribution is -2.40. The van der Waals surface area contributed by atoms with Crippen LogP contribution >= 0.6 is 0 Å². The van der Waals surface area contributed by atoms with Crippen LogP contribution in [-0.4, -0.2) is 30.4 Å². The number of carbonyl (C=O) groups is 1. The van der Waals surface area contributed by atoms with Crippen molar-refractivity contribution in [3.8, 4) is 0 Å². The van der Waals surface area contributed by atoms with Crippen LogP contribution < -0.4 is 10.6 Å². The molecule has 0 saturated heterocycles. The molecule has 0 heterocycles. The summed E-state index contributed by atoms with van der Waals surface area (Å²) in [6.07, 6.45) is 6.43. The van der Waals surface area contributed by atoms with Gasteiger partial charge in [0.05, 0.1) is 6.61 Å². The standard InChI is InChI=1S/C19H28N2O3/c22-11-14-6-8-17(9-7-14)20-19(23)21-18-3-1-2-16(10-18)13-24-12-15-4-5-15/h1-3,10,14-15,17,22H,4-9,11-13H2,(H2,20,21,23). The number of hydrogen-bond acceptors (Lipinski definition) is 3. The summed E-state index contributed by atoms with van der Waals surface area (Å²) in [7, 11) is 0. The number of anilines is 1. The average Bonchev–Trinajstić information content (AvgIpc) is 3.40. The van der Waals surface area contributed by atoms with E-state index in [1.54, 1.807) is 0 Å². The van der Waals surface area contributed by atoms with Gasteiger partial charge in [0.2, 0.25) is 0 Å². The highest BCUT2D eigenvalue weighted by atomic mass is 16.5. The number of aliphatic hydroxyl groups is 1. The van der Waals surface area contributed by atoms with Gasteiger partial charge in [-0.05, 0) is 68.1 Å². The third-order valence-corrected chi connectivity index (χ3v) is 4.94. The van der Waals surface area contributed by atoms with Gasteiger partial charge in [-0.2, -0.15) is 0 Å². The van der Waals surface area contributed by atoms with E-state index in [0.717, 1.165) is 49.5 Å². The molecule has 5 heteroatoms. The molecule has 24 heavy (non-hydrogen) atoms. The lowest BCUT2D eigenvalue weighted by molar-refractivity contribution is 0.111. The molecule has 0 aromatic heterocycles. The van der Waals surface area contributed by atoms with Crippen molar-refractivity contribution in [1.82, 2.24) is 5.32 Å². The third-order valence-electron chi connectivity index (χ3n) is 4.94. The summed E-state index contributed by atoms with van der Waals surface area (Å²) in [6.45, 7) is 1.70. The molecule has 1 aromatic carbocycles. The molecule has 0 atom stereocenters. The second kappa shape index (κ2) is 8.49. The van der Waals surface area contributed by atoms with Gasteiger partial charge in [-0.25, -0.2) is 4.79 Å². The number of aliphatic hydroxyl groups excluding tert-OH is 1. The van der Waals surface area contributed by atoms with E-state index >= 15 is 0 Å². The molecule has 2 aliphatic rings. The topological polar surface area (TPSA) is 70.6 Å². The van der Waals surface area contributed by atoms with Crippen LogP contribution in [0.3, 0.4) is 0 Å². The number of amides is 2. The molecule has 0 bridgehead atoms. The summed E-state index contributed by atoms with van der Waals surface area (Å²) in [5, 5.41) is 15.1. The fraction of sp³-hybridized carbons (Fsp3) is 0.632. The lowest BCUT2D eigenvalue weighted by atomic mass is 9.87. The highest BCUT2D eigenvalue weighted by Crippen LogP contribution is 2.29. The normalized spacial score (nSPS) is 23.7. The van der Waals surface area contributed by atoms with Crippen LogP contribution in [0, 0.1) is 11.8 Å². The molecule has 2 aliphatic carbocycles. The Hall–Kier alpha value is -1.59. The zero-order chi connectivity index (χ0) is 16.8. The number of urea groups is 1. The van der Waals surface area contributed by atoms with Gasteiger partial charge in [-0.3, -0.25) is 0 Å². The summed E-state index contributed by atoms with van der Waals surface area (Å²) >= 11 is 0. The summed E-state index contributed by atoms with van der Waals surface area (Å²) in [5.74, 6) is 1.16. The molecular weight excluding hydrogens is 304 g/mol. The van der Waals surface area contributed by atoms with Crippen molar-refractivity contribution >= 4 is 11.7 Å². The van der Waals surface area contributed by atoms with Crippen molar-refractivity contribution in [1.29, 1.82) is 0 Å². The zero-order valence-electron chi connectivity index (χ0n) is 14.2. The van der Waals surface area contributed by atoms with Crippen molar-refractivity contribution in [3.63, 3.8) is 0 Å². The first-order valence-electron chi connectivity index (χ1n) is 9.08. The molecule has 0 unspecified atom stereocenters. The smallest absolute Gasteiger partial charge is 0.319 e. The van der Waals surface area contributed by atoms with E-state index < -0.39 is 0 Å². The number of benzene rings is 1. The molecule has 0 aliphatic heterocycles. The summed E-state index contributed by atoms with van der Waals surface area (Å²) in [4.78, 5) is 12.2. The van der Waals surface area contributed by atoms with Gasteiger partial charge >= 0.3 is 6.03 Å². The minimum Gasteiger partial charge on any atom is -0.396 e. The van der Waals surface area contributed by atoms with Crippen LogP contribution in [0.1, 0.15) is 44.1 Å². The Labute approximate surface area is 143 Å². The number of rotatable bonds is 7. The molecule has 3 rings (SSSR count). The second-order valence-electron chi connectivity index (χ2n) is 7.16. The number of hydrogen-bond donors (Lipinski definition) is 3. The van der Waals surface area contributed by atoms with Crippen LogP contribution in [0.25, 0.3) is 0 Å². The molecule has 2 saturated carbocycles. The molecule has 0 radical (unpaired) electrons. The first kappa shape index (κ1) is 17.2. The van der Waals surface area contributed by atoms with Gasteiger partial charge in [0.1, 0.15) is 0 Å². The highest BCUT2D eigenvalue weighted by molar-refractivity contribution is 5.89. The molecule has 2 amide bonds. The van der Waals surface area contributed by atoms with E-state index in [4.69, 9.17) is 9.84 Å². The molecule has 5 nitrogen and oxygen atoms in total. The predicted molar refractivity (Wildman–Crippen MR) is 93.8 cm³/mol. The minimum absolute atomic E-state index is 0.154. The van der Waals surface area contributed by atoms with Crippen molar-refractivity contribution in [2.75, 3.05) is 18.5 Å². The molecule has 3 N–H and O–H groups in total. The van der Waals surface area contributed by atoms with Gasteiger partial charge < -0.3 is 20.5 Å². The molecule has 0 spiro atoms. The van der Waals surface area contributed by atoms with Gasteiger partial charge in [0, 0.05) is 24.9 Å². The quantitative estimate of drug-likeness (QED) is 0.717. The van der Waals surface area contributed by atoms with Gasteiger partial charge in [-0.1, -0.05) is 12.1 Å². The molecular formula is C19H28N2O3. The van der Waals surface area contributed by atoms with Crippen molar-refractivity contribution < 1.29 is 14.6 Å². The van der Waals surface area contributed by atoms with E-state index in [-0.39, 0.29) is 18.7 Å². The Morgan fingerprint density at radius 2 is 1.88 bits per heavy atom. The van der Waals surface area contributed by atoms with Crippen molar-refractivity contribution in [2.45, 2.75) is 51.2 Å². The monoisotopic (exact) mass is 332 g/mol. The number of nitrogens with one attached hydrogen (secondary N) is 2. The third kappa shape index (κ3) is 5.49. The Morgan fingerprint density at radius 1 is 1.12 bits per heavy atom. The van der Waals surface area contributed by atoms with Crippen LogP contribution in [0.5, 0.6) is 0 Å². The van der Waals surface area contributed by atoms with Crippen LogP contribution in [0.4, 0.5) is 10.5 Å². The maximum atomic E-state index is 12.2. The SMILES string of the molecule is O=C(Nc1cccc(COCC2CC2)c1)NC1CCC(CO)CC1. The van der Waals surface area contributed by atoms with Crippen molar-refractivity contribution in [3.05, 3.63) is 29.8 Å².